The molecule has 0 atom stereocenters. The molecule has 0 aliphatic heterocycles. The van der Waals surface area contributed by atoms with Crippen molar-refractivity contribution in [3.8, 4) is 5.75 Å². The van der Waals surface area contributed by atoms with E-state index in [0.29, 0.717) is 34.8 Å². The number of phenolic OH excluding ortho intramolecular Hbond substituents is 1. The van der Waals surface area contributed by atoms with Crippen LogP contribution in [0, 0.1) is 11.2 Å². The lowest BCUT2D eigenvalue weighted by Crippen LogP contribution is -2.08. The Morgan fingerprint density at radius 3 is 1.05 bits per heavy atom. The highest BCUT2D eigenvalue weighted by molar-refractivity contribution is 5.30. The second-order valence-electron chi connectivity index (χ2n) is 16.8. The van der Waals surface area contributed by atoms with E-state index < -0.39 is 0 Å². The summed E-state index contributed by atoms with van der Waals surface area (Å²) in [4.78, 5) is 0. The van der Waals surface area contributed by atoms with Crippen LogP contribution >= 0.6 is 0 Å². The van der Waals surface area contributed by atoms with Crippen molar-refractivity contribution in [1.82, 2.24) is 0 Å². The molecule has 0 unspecified atom stereocenters. The zero-order valence-corrected chi connectivity index (χ0v) is 36.1. The van der Waals surface area contributed by atoms with Crippen molar-refractivity contribution in [2.24, 2.45) is 5.41 Å². The molecule has 0 amide bonds. The maximum atomic E-state index is 12.4. The Hall–Kier alpha value is -4.95. The summed E-state index contributed by atoms with van der Waals surface area (Å²) in [5, 5.41) is 8.94. The van der Waals surface area contributed by atoms with E-state index >= 15 is 0 Å². The molecule has 1 N–H and O–H groups in total. The van der Waals surface area contributed by atoms with Gasteiger partial charge in [0.2, 0.25) is 0 Å². The van der Waals surface area contributed by atoms with Gasteiger partial charge in [-0.1, -0.05) is 216 Å². The van der Waals surface area contributed by atoms with Crippen LogP contribution in [0.3, 0.4) is 0 Å². The SMILES string of the molecule is CC(C)(C)Cc1ccccc1.CC(C)c1ccc(Cc2ccccc2)cc1.CC(C)c1ccc(F)cc1.CC(C)c1ccc(O)cc1.CC(C)c1ccccc1. The van der Waals surface area contributed by atoms with Crippen LogP contribution in [0.2, 0.25) is 0 Å². The zero-order chi connectivity index (χ0) is 41.5. The van der Waals surface area contributed by atoms with Crippen molar-refractivity contribution < 1.29 is 9.50 Å². The Morgan fingerprint density at radius 1 is 0.393 bits per heavy atom. The average Bonchev–Trinajstić information content (AvgIpc) is 3.17. The smallest absolute Gasteiger partial charge is 0.123 e. The Labute approximate surface area is 340 Å². The van der Waals surface area contributed by atoms with E-state index in [1.54, 1.807) is 12.1 Å². The second-order valence-corrected chi connectivity index (χ2v) is 16.8. The lowest BCUT2D eigenvalue weighted by Gasteiger charge is -2.17. The minimum atomic E-state index is -0.163. The minimum absolute atomic E-state index is 0.163. The van der Waals surface area contributed by atoms with Crippen molar-refractivity contribution in [1.29, 1.82) is 0 Å². The third-order valence-corrected chi connectivity index (χ3v) is 9.04. The van der Waals surface area contributed by atoms with Crippen LogP contribution in [0.15, 0.2) is 164 Å². The second kappa shape index (κ2) is 25.3. The van der Waals surface area contributed by atoms with Gasteiger partial charge in [0.05, 0.1) is 0 Å². The Balaban J connectivity index is 0.000000246. The molecule has 0 bridgehead atoms. The van der Waals surface area contributed by atoms with Gasteiger partial charge >= 0.3 is 0 Å². The van der Waals surface area contributed by atoms with Crippen LogP contribution < -0.4 is 0 Å². The van der Waals surface area contributed by atoms with E-state index in [1.807, 2.05) is 30.3 Å². The molecule has 0 heterocycles. The van der Waals surface area contributed by atoms with Crippen molar-refractivity contribution >= 4 is 0 Å². The van der Waals surface area contributed by atoms with E-state index in [9.17, 15) is 4.39 Å². The van der Waals surface area contributed by atoms with Crippen LogP contribution in [0.5, 0.6) is 5.75 Å². The molecule has 0 aliphatic rings. The molecule has 6 rings (SSSR count). The molecule has 56 heavy (non-hydrogen) atoms. The van der Waals surface area contributed by atoms with Gasteiger partial charge in [-0.2, -0.15) is 0 Å². The van der Waals surface area contributed by atoms with E-state index in [2.05, 4.69) is 185 Å². The minimum Gasteiger partial charge on any atom is -0.508 e. The highest BCUT2D eigenvalue weighted by atomic mass is 19.1. The number of aromatic hydroxyl groups is 1. The lowest BCUT2D eigenvalue weighted by atomic mass is 9.88. The first kappa shape index (κ1) is 47.2. The lowest BCUT2D eigenvalue weighted by molar-refractivity contribution is 0.411. The van der Waals surface area contributed by atoms with Gasteiger partial charge in [-0.05, 0) is 105 Å². The standard InChI is InChI=1S/C16H18.C11H16.C9H11F.C9H12O.C9H12/c1-13(2)16-10-8-15(9-11-16)12-14-6-4-3-5-7-14;1-11(2,3)9-10-7-5-4-6-8-10;2*1-7(2)8-3-5-9(10)6-4-8;1-8(2)9-6-4-3-5-7-9/h3-11,13H,12H2,1-2H3;4-8H,9H2,1-3H3;3-7H,1-2H3;3-7,10H,1-2H3;3-8H,1-2H3. The summed E-state index contributed by atoms with van der Waals surface area (Å²) in [5.41, 5.74) is 9.87. The fourth-order valence-electron chi connectivity index (χ4n) is 5.61. The van der Waals surface area contributed by atoms with E-state index in [1.165, 1.54) is 51.1 Å². The van der Waals surface area contributed by atoms with Gasteiger partial charge < -0.3 is 5.11 Å². The highest BCUT2D eigenvalue weighted by Gasteiger charge is 2.10. The van der Waals surface area contributed by atoms with E-state index in [4.69, 9.17) is 5.11 Å². The van der Waals surface area contributed by atoms with Gasteiger partial charge in [-0.3, -0.25) is 0 Å². The first-order valence-corrected chi connectivity index (χ1v) is 20.3. The normalized spacial score (nSPS) is 10.6. The topological polar surface area (TPSA) is 20.2 Å². The molecule has 0 aromatic heterocycles. The summed E-state index contributed by atoms with van der Waals surface area (Å²) in [6, 6.07) is 54.7. The number of phenols is 1. The largest absolute Gasteiger partial charge is 0.508 e. The van der Waals surface area contributed by atoms with Gasteiger partial charge in [0.1, 0.15) is 11.6 Å². The van der Waals surface area contributed by atoms with Gasteiger partial charge in [0.25, 0.3) is 0 Å². The molecule has 0 radical (unpaired) electrons. The van der Waals surface area contributed by atoms with Crippen molar-refractivity contribution in [2.75, 3.05) is 0 Å². The Morgan fingerprint density at radius 2 is 0.696 bits per heavy atom. The molecular weight excluding hydrogens is 684 g/mol. The molecule has 6 aromatic rings. The predicted octanol–water partition coefficient (Wildman–Crippen LogP) is 16.0. The summed E-state index contributed by atoms with van der Waals surface area (Å²) in [6.07, 6.45) is 2.19. The van der Waals surface area contributed by atoms with Crippen molar-refractivity contribution in [3.05, 3.63) is 209 Å². The summed E-state index contributed by atoms with van der Waals surface area (Å²) in [7, 11) is 0. The maximum Gasteiger partial charge on any atom is 0.123 e. The zero-order valence-electron chi connectivity index (χ0n) is 36.1. The van der Waals surface area contributed by atoms with Gasteiger partial charge in [0, 0.05) is 0 Å². The van der Waals surface area contributed by atoms with Crippen LogP contribution in [0.1, 0.15) is 139 Å². The maximum absolute atomic E-state index is 12.4. The van der Waals surface area contributed by atoms with Crippen molar-refractivity contribution in [2.45, 2.75) is 113 Å². The monoisotopic (exact) mass is 753 g/mol. The molecule has 0 aliphatic carbocycles. The highest BCUT2D eigenvalue weighted by Crippen LogP contribution is 2.20. The van der Waals surface area contributed by atoms with Crippen LogP contribution in [-0.4, -0.2) is 5.11 Å². The summed E-state index contributed by atoms with van der Waals surface area (Å²) < 4.78 is 12.4. The van der Waals surface area contributed by atoms with Crippen LogP contribution in [0.4, 0.5) is 4.39 Å². The van der Waals surface area contributed by atoms with Crippen LogP contribution in [-0.2, 0) is 12.8 Å². The molecule has 0 saturated carbocycles. The number of rotatable bonds is 7. The van der Waals surface area contributed by atoms with Crippen molar-refractivity contribution in [3.63, 3.8) is 0 Å². The number of hydrogen-bond donors (Lipinski definition) is 1. The Bertz CT molecular complexity index is 1780. The van der Waals surface area contributed by atoms with Gasteiger partial charge in [-0.15, -0.1) is 0 Å². The molecule has 2 heteroatoms. The molecular formula is C54H69FO. The third-order valence-electron chi connectivity index (χ3n) is 9.04. The number of halogens is 1. The summed E-state index contributed by atoms with van der Waals surface area (Å²) in [5.74, 6) is 2.48. The molecule has 6 aromatic carbocycles. The van der Waals surface area contributed by atoms with E-state index in [-0.39, 0.29) is 5.82 Å². The molecule has 0 saturated heterocycles. The summed E-state index contributed by atoms with van der Waals surface area (Å²) in [6.45, 7) is 24.1. The molecule has 298 valence electrons. The summed E-state index contributed by atoms with van der Waals surface area (Å²) >= 11 is 0. The first-order chi connectivity index (χ1) is 26.5. The Kier molecular flexibility index (Phi) is 21.3. The van der Waals surface area contributed by atoms with E-state index in [0.717, 1.165) is 12.8 Å². The van der Waals surface area contributed by atoms with Gasteiger partial charge in [-0.25, -0.2) is 4.39 Å². The molecule has 1 nitrogen and oxygen atoms in total. The third kappa shape index (κ3) is 20.7. The first-order valence-electron chi connectivity index (χ1n) is 20.3. The molecule has 0 fully saturated rings. The molecule has 0 spiro atoms. The van der Waals surface area contributed by atoms with Crippen LogP contribution in [0.25, 0.3) is 0 Å². The number of benzene rings is 6. The predicted molar refractivity (Wildman–Crippen MR) is 243 cm³/mol. The quantitative estimate of drug-likeness (QED) is 0.172. The average molecular weight is 753 g/mol. The fourth-order valence-corrected chi connectivity index (χ4v) is 5.61. The number of hydrogen-bond acceptors (Lipinski definition) is 1. The fraction of sp³-hybridized carbons (Fsp3) is 0.333. The van der Waals surface area contributed by atoms with Gasteiger partial charge in [0.15, 0.2) is 0 Å².